The highest BCUT2D eigenvalue weighted by atomic mass is 16.5. The van der Waals surface area contributed by atoms with Gasteiger partial charge in [-0.25, -0.2) is 4.79 Å². The van der Waals surface area contributed by atoms with Gasteiger partial charge in [-0.05, 0) is 17.9 Å². The lowest BCUT2D eigenvalue weighted by Gasteiger charge is -2.18. The SMILES string of the molecule is CC(C)CNC(=O)N1CC[C@H](OCc2ccccc2)C1. The molecule has 0 spiro atoms. The molecule has 0 unspecified atom stereocenters. The van der Waals surface area contributed by atoms with E-state index in [1.165, 1.54) is 5.56 Å². The van der Waals surface area contributed by atoms with Crippen molar-refractivity contribution in [2.24, 2.45) is 5.92 Å². The van der Waals surface area contributed by atoms with Crippen molar-refractivity contribution in [2.75, 3.05) is 19.6 Å². The summed E-state index contributed by atoms with van der Waals surface area (Å²) in [7, 11) is 0. The van der Waals surface area contributed by atoms with Crippen molar-refractivity contribution in [1.82, 2.24) is 10.2 Å². The first-order chi connectivity index (χ1) is 9.65. The number of benzene rings is 1. The molecule has 2 amide bonds. The van der Waals surface area contributed by atoms with Crippen LogP contribution in [0.3, 0.4) is 0 Å². The summed E-state index contributed by atoms with van der Waals surface area (Å²) in [6.07, 6.45) is 1.07. The predicted molar refractivity (Wildman–Crippen MR) is 79.4 cm³/mol. The van der Waals surface area contributed by atoms with E-state index in [0.717, 1.165) is 19.5 Å². The van der Waals surface area contributed by atoms with Crippen molar-refractivity contribution in [1.29, 1.82) is 0 Å². The van der Waals surface area contributed by atoms with Gasteiger partial charge in [-0.15, -0.1) is 0 Å². The molecule has 4 heteroatoms. The zero-order valence-electron chi connectivity index (χ0n) is 12.3. The van der Waals surface area contributed by atoms with Crippen molar-refractivity contribution in [3.8, 4) is 0 Å². The summed E-state index contributed by atoms with van der Waals surface area (Å²) in [5.74, 6) is 0.478. The molecule has 1 aromatic carbocycles. The smallest absolute Gasteiger partial charge is 0.317 e. The number of likely N-dealkylation sites (tertiary alicyclic amines) is 1. The van der Waals surface area contributed by atoms with E-state index in [-0.39, 0.29) is 12.1 Å². The van der Waals surface area contributed by atoms with Gasteiger partial charge in [0.1, 0.15) is 0 Å². The van der Waals surface area contributed by atoms with Crippen LogP contribution in [0.25, 0.3) is 0 Å². The zero-order chi connectivity index (χ0) is 14.4. The molecule has 1 aromatic rings. The third-order valence-electron chi connectivity index (χ3n) is 3.42. The Bertz CT molecular complexity index is 420. The number of rotatable bonds is 5. The third-order valence-corrected chi connectivity index (χ3v) is 3.42. The lowest BCUT2D eigenvalue weighted by atomic mass is 10.2. The van der Waals surface area contributed by atoms with Gasteiger partial charge in [0.05, 0.1) is 12.7 Å². The number of hydrogen-bond acceptors (Lipinski definition) is 2. The Balaban J connectivity index is 1.71. The van der Waals surface area contributed by atoms with Gasteiger partial charge in [0, 0.05) is 19.6 Å². The van der Waals surface area contributed by atoms with Crippen molar-refractivity contribution < 1.29 is 9.53 Å². The topological polar surface area (TPSA) is 41.6 Å². The molecule has 1 heterocycles. The predicted octanol–water partition coefficient (Wildman–Crippen LogP) is 2.64. The molecule has 110 valence electrons. The molecule has 1 fully saturated rings. The summed E-state index contributed by atoms with van der Waals surface area (Å²) in [5.41, 5.74) is 1.18. The van der Waals surface area contributed by atoms with Crippen LogP contribution in [-0.2, 0) is 11.3 Å². The molecule has 20 heavy (non-hydrogen) atoms. The van der Waals surface area contributed by atoms with Crippen molar-refractivity contribution in [2.45, 2.75) is 33.0 Å². The molecule has 1 aliphatic rings. The molecule has 1 aliphatic heterocycles. The molecule has 1 N–H and O–H groups in total. The number of nitrogens with one attached hydrogen (secondary N) is 1. The lowest BCUT2D eigenvalue weighted by Crippen LogP contribution is -2.40. The van der Waals surface area contributed by atoms with Crippen LogP contribution in [0.1, 0.15) is 25.8 Å². The average molecular weight is 276 g/mol. The van der Waals surface area contributed by atoms with E-state index in [2.05, 4.69) is 31.3 Å². The number of hydrogen-bond donors (Lipinski definition) is 1. The van der Waals surface area contributed by atoms with E-state index in [0.29, 0.717) is 19.1 Å². The quantitative estimate of drug-likeness (QED) is 0.898. The van der Waals surface area contributed by atoms with Gasteiger partial charge in [-0.2, -0.15) is 0 Å². The molecule has 1 saturated heterocycles. The van der Waals surface area contributed by atoms with Gasteiger partial charge in [-0.3, -0.25) is 0 Å². The fourth-order valence-corrected chi connectivity index (χ4v) is 2.24. The number of amides is 2. The first-order valence-electron chi connectivity index (χ1n) is 7.33. The van der Waals surface area contributed by atoms with Crippen LogP contribution >= 0.6 is 0 Å². The molecule has 0 saturated carbocycles. The Morgan fingerprint density at radius 1 is 1.40 bits per heavy atom. The van der Waals surface area contributed by atoms with Crippen LogP contribution in [0.4, 0.5) is 4.79 Å². The fraction of sp³-hybridized carbons (Fsp3) is 0.562. The maximum atomic E-state index is 11.9. The minimum Gasteiger partial charge on any atom is -0.372 e. The Morgan fingerprint density at radius 2 is 2.15 bits per heavy atom. The fourth-order valence-electron chi connectivity index (χ4n) is 2.24. The minimum atomic E-state index is 0.0320. The van der Waals surface area contributed by atoms with Gasteiger partial charge in [0.2, 0.25) is 0 Å². The van der Waals surface area contributed by atoms with Crippen LogP contribution in [0.5, 0.6) is 0 Å². The zero-order valence-corrected chi connectivity index (χ0v) is 12.3. The van der Waals surface area contributed by atoms with E-state index in [9.17, 15) is 4.79 Å². The van der Waals surface area contributed by atoms with E-state index in [1.54, 1.807) is 0 Å². The number of urea groups is 1. The summed E-state index contributed by atoms with van der Waals surface area (Å²) in [6, 6.07) is 10.2. The molecule has 1 atom stereocenters. The van der Waals surface area contributed by atoms with E-state index in [1.807, 2.05) is 23.1 Å². The van der Waals surface area contributed by atoms with Crippen LogP contribution in [0.2, 0.25) is 0 Å². The summed E-state index contributed by atoms with van der Waals surface area (Å²) >= 11 is 0. The summed E-state index contributed by atoms with van der Waals surface area (Å²) in [5, 5.41) is 2.95. The van der Waals surface area contributed by atoms with Crippen molar-refractivity contribution >= 4 is 6.03 Å². The highest BCUT2D eigenvalue weighted by Gasteiger charge is 2.26. The lowest BCUT2D eigenvalue weighted by molar-refractivity contribution is 0.0487. The van der Waals surface area contributed by atoms with Crippen LogP contribution in [-0.4, -0.2) is 36.7 Å². The molecule has 4 nitrogen and oxygen atoms in total. The average Bonchev–Trinajstić information content (AvgIpc) is 2.92. The van der Waals surface area contributed by atoms with Gasteiger partial charge in [0.25, 0.3) is 0 Å². The Labute approximate surface area is 121 Å². The van der Waals surface area contributed by atoms with E-state index in [4.69, 9.17) is 4.74 Å². The van der Waals surface area contributed by atoms with E-state index >= 15 is 0 Å². The maximum absolute atomic E-state index is 11.9. The van der Waals surface area contributed by atoms with Gasteiger partial charge >= 0.3 is 6.03 Å². The van der Waals surface area contributed by atoms with Gasteiger partial charge in [-0.1, -0.05) is 44.2 Å². The monoisotopic (exact) mass is 276 g/mol. The molecule has 2 rings (SSSR count). The molecule has 0 bridgehead atoms. The molecular formula is C16H24N2O2. The highest BCUT2D eigenvalue weighted by Crippen LogP contribution is 2.14. The first kappa shape index (κ1) is 14.9. The number of carbonyl (C=O) groups excluding carboxylic acids is 1. The molecule has 0 aliphatic carbocycles. The van der Waals surface area contributed by atoms with Crippen LogP contribution < -0.4 is 5.32 Å². The van der Waals surface area contributed by atoms with E-state index < -0.39 is 0 Å². The minimum absolute atomic E-state index is 0.0320. The summed E-state index contributed by atoms with van der Waals surface area (Å²) in [4.78, 5) is 13.8. The Kier molecular flexibility index (Phi) is 5.41. The highest BCUT2D eigenvalue weighted by molar-refractivity contribution is 5.74. The van der Waals surface area contributed by atoms with Crippen LogP contribution in [0, 0.1) is 5.92 Å². The summed E-state index contributed by atoms with van der Waals surface area (Å²) in [6.45, 7) is 7.00. The molecule has 0 aromatic heterocycles. The van der Waals surface area contributed by atoms with Crippen LogP contribution in [0.15, 0.2) is 30.3 Å². The Hall–Kier alpha value is -1.55. The number of carbonyl (C=O) groups is 1. The second-order valence-corrected chi connectivity index (χ2v) is 5.73. The molecule has 0 radical (unpaired) electrons. The standard InChI is InChI=1S/C16H24N2O2/c1-13(2)10-17-16(19)18-9-8-15(11-18)20-12-14-6-4-3-5-7-14/h3-7,13,15H,8-12H2,1-2H3,(H,17,19)/t15-/m0/s1. The normalized spacial score (nSPS) is 18.6. The first-order valence-corrected chi connectivity index (χ1v) is 7.33. The number of ether oxygens (including phenoxy) is 1. The second kappa shape index (κ2) is 7.29. The second-order valence-electron chi connectivity index (χ2n) is 5.73. The van der Waals surface area contributed by atoms with Crippen molar-refractivity contribution in [3.63, 3.8) is 0 Å². The maximum Gasteiger partial charge on any atom is 0.317 e. The van der Waals surface area contributed by atoms with Crippen molar-refractivity contribution in [3.05, 3.63) is 35.9 Å². The summed E-state index contributed by atoms with van der Waals surface area (Å²) < 4.78 is 5.87. The number of nitrogens with zero attached hydrogens (tertiary/aromatic N) is 1. The Morgan fingerprint density at radius 3 is 2.85 bits per heavy atom. The largest absolute Gasteiger partial charge is 0.372 e. The van der Waals surface area contributed by atoms with Gasteiger partial charge < -0.3 is 15.0 Å². The van der Waals surface area contributed by atoms with Gasteiger partial charge in [0.15, 0.2) is 0 Å². The third kappa shape index (κ3) is 4.53. The molecular weight excluding hydrogens is 252 g/mol.